The standard InChI is InChI=1S/C22H25ClN2O4/c23-15-20(26)19(25-21(27)18-11-5-2-6-12-18)13-7-8-14-24-22(28)29-16-17-9-3-1-4-10-17/h1-6,9-12,19H,7-8,13-16H2,(H,24,28)(H,25,27)/t19-/m0/s1. The SMILES string of the molecule is O=C(NCCCC[C@H](NC(=O)c1ccccc1)C(=O)CCl)OCc1ccccc1. The molecule has 0 saturated carbocycles. The number of ether oxygens (including phenoxy) is 1. The molecule has 2 amide bonds. The molecule has 1 atom stereocenters. The zero-order chi connectivity index (χ0) is 20.9. The van der Waals surface area contributed by atoms with Gasteiger partial charge >= 0.3 is 6.09 Å². The topological polar surface area (TPSA) is 84.5 Å². The van der Waals surface area contributed by atoms with Crippen molar-refractivity contribution in [1.82, 2.24) is 10.6 Å². The van der Waals surface area contributed by atoms with Crippen LogP contribution in [0.25, 0.3) is 0 Å². The first-order valence-corrected chi connectivity index (χ1v) is 10.0. The minimum Gasteiger partial charge on any atom is -0.445 e. The van der Waals surface area contributed by atoms with Gasteiger partial charge in [-0.05, 0) is 37.0 Å². The van der Waals surface area contributed by atoms with Crippen molar-refractivity contribution in [3.8, 4) is 0 Å². The van der Waals surface area contributed by atoms with E-state index in [0.29, 0.717) is 31.4 Å². The van der Waals surface area contributed by atoms with Gasteiger partial charge in [0, 0.05) is 12.1 Å². The molecule has 0 aliphatic heterocycles. The number of rotatable bonds is 11. The van der Waals surface area contributed by atoms with Crippen molar-refractivity contribution in [3.63, 3.8) is 0 Å². The number of hydrogen-bond donors (Lipinski definition) is 2. The molecule has 0 saturated heterocycles. The van der Waals surface area contributed by atoms with Crippen LogP contribution in [0.5, 0.6) is 0 Å². The smallest absolute Gasteiger partial charge is 0.407 e. The van der Waals surface area contributed by atoms with Crippen molar-refractivity contribution < 1.29 is 19.1 Å². The number of alkyl carbamates (subject to hydrolysis) is 1. The molecule has 29 heavy (non-hydrogen) atoms. The normalized spacial score (nSPS) is 11.3. The maximum Gasteiger partial charge on any atom is 0.407 e. The van der Waals surface area contributed by atoms with Gasteiger partial charge < -0.3 is 15.4 Å². The van der Waals surface area contributed by atoms with Crippen molar-refractivity contribution in [2.45, 2.75) is 31.9 Å². The zero-order valence-corrected chi connectivity index (χ0v) is 16.9. The highest BCUT2D eigenvalue weighted by Gasteiger charge is 2.20. The van der Waals surface area contributed by atoms with Gasteiger partial charge in [0.2, 0.25) is 0 Å². The molecule has 0 heterocycles. The summed E-state index contributed by atoms with van der Waals surface area (Å²) in [5.41, 5.74) is 1.40. The molecule has 0 fully saturated rings. The third-order valence-electron chi connectivity index (χ3n) is 4.26. The summed E-state index contributed by atoms with van der Waals surface area (Å²) in [5, 5.41) is 5.41. The average Bonchev–Trinajstić information content (AvgIpc) is 2.77. The number of carbonyl (C=O) groups is 3. The maximum absolute atomic E-state index is 12.3. The predicted molar refractivity (Wildman–Crippen MR) is 112 cm³/mol. The summed E-state index contributed by atoms with van der Waals surface area (Å²) in [4.78, 5) is 36.0. The molecule has 0 bridgehead atoms. The Morgan fingerprint density at radius 2 is 1.59 bits per heavy atom. The Labute approximate surface area is 175 Å². The van der Waals surface area contributed by atoms with E-state index in [0.717, 1.165) is 5.56 Å². The second kappa shape index (κ2) is 12.6. The fraction of sp³-hybridized carbons (Fsp3) is 0.318. The zero-order valence-electron chi connectivity index (χ0n) is 16.1. The molecule has 0 aliphatic carbocycles. The first kappa shape index (κ1) is 22.4. The lowest BCUT2D eigenvalue weighted by Crippen LogP contribution is -2.41. The van der Waals surface area contributed by atoms with Crippen LogP contribution in [0.4, 0.5) is 4.79 Å². The number of hydrogen-bond acceptors (Lipinski definition) is 4. The van der Waals surface area contributed by atoms with Gasteiger partial charge in [-0.1, -0.05) is 48.5 Å². The van der Waals surface area contributed by atoms with E-state index >= 15 is 0 Å². The Hall–Kier alpha value is -2.86. The summed E-state index contributed by atoms with van der Waals surface area (Å²) in [6, 6.07) is 17.5. The van der Waals surface area contributed by atoms with E-state index in [1.165, 1.54) is 0 Å². The van der Waals surface area contributed by atoms with Gasteiger partial charge in [0.15, 0.2) is 5.78 Å². The minimum absolute atomic E-state index is 0.163. The number of ketones is 1. The third-order valence-corrected chi connectivity index (χ3v) is 4.53. The van der Waals surface area contributed by atoms with Crippen molar-refractivity contribution in [3.05, 3.63) is 71.8 Å². The Morgan fingerprint density at radius 3 is 2.24 bits per heavy atom. The van der Waals surface area contributed by atoms with E-state index < -0.39 is 12.1 Å². The summed E-state index contributed by atoms with van der Waals surface area (Å²) in [5.74, 6) is -0.702. The van der Waals surface area contributed by atoms with Crippen LogP contribution in [-0.4, -0.2) is 36.3 Å². The summed E-state index contributed by atoms with van der Waals surface area (Å²) in [6.07, 6.45) is 1.25. The van der Waals surface area contributed by atoms with Crippen LogP contribution in [0.15, 0.2) is 60.7 Å². The van der Waals surface area contributed by atoms with Gasteiger partial charge in [0.1, 0.15) is 6.61 Å². The molecule has 0 radical (unpaired) electrons. The highest BCUT2D eigenvalue weighted by Crippen LogP contribution is 2.06. The van der Waals surface area contributed by atoms with Crippen LogP contribution >= 0.6 is 11.6 Å². The maximum atomic E-state index is 12.3. The van der Waals surface area contributed by atoms with Crippen LogP contribution in [0.3, 0.4) is 0 Å². The molecule has 0 aliphatic rings. The summed E-state index contributed by atoms with van der Waals surface area (Å²) in [7, 11) is 0. The second-order valence-corrected chi connectivity index (χ2v) is 6.74. The van der Waals surface area contributed by atoms with E-state index in [2.05, 4.69) is 10.6 Å². The molecule has 154 valence electrons. The second-order valence-electron chi connectivity index (χ2n) is 6.48. The summed E-state index contributed by atoms with van der Waals surface area (Å²) < 4.78 is 5.13. The monoisotopic (exact) mass is 416 g/mol. The van der Waals surface area contributed by atoms with E-state index in [-0.39, 0.29) is 24.2 Å². The van der Waals surface area contributed by atoms with Crippen molar-refractivity contribution in [2.24, 2.45) is 0 Å². The number of amides is 2. The lowest BCUT2D eigenvalue weighted by Gasteiger charge is -2.17. The number of Topliss-reactive ketones (excluding diaryl/α,β-unsaturated/α-hetero) is 1. The highest BCUT2D eigenvalue weighted by molar-refractivity contribution is 6.28. The Bertz CT molecular complexity index is 784. The van der Waals surface area contributed by atoms with Crippen molar-refractivity contribution in [1.29, 1.82) is 0 Å². The molecular weight excluding hydrogens is 392 g/mol. The number of unbranched alkanes of at least 4 members (excludes halogenated alkanes) is 1. The van der Waals surface area contributed by atoms with Crippen molar-refractivity contribution >= 4 is 29.4 Å². The summed E-state index contributed by atoms with van der Waals surface area (Å²) >= 11 is 5.67. The molecule has 2 rings (SSSR count). The van der Waals surface area contributed by atoms with Gasteiger partial charge in [-0.15, -0.1) is 11.6 Å². The molecule has 2 N–H and O–H groups in total. The molecule has 0 spiro atoms. The molecule has 7 heteroatoms. The molecule has 2 aromatic carbocycles. The van der Waals surface area contributed by atoms with Crippen LogP contribution < -0.4 is 10.6 Å². The first-order chi connectivity index (χ1) is 14.1. The number of benzene rings is 2. The van der Waals surface area contributed by atoms with Gasteiger partial charge in [0.05, 0.1) is 11.9 Å². The third kappa shape index (κ3) is 8.35. The number of nitrogens with one attached hydrogen (secondary N) is 2. The Balaban J connectivity index is 1.68. The molecular formula is C22H25ClN2O4. The lowest BCUT2D eigenvalue weighted by molar-refractivity contribution is -0.118. The fourth-order valence-corrected chi connectivity index (χ4v) is 2.86. The number of halogens is 1. The molecule has 6 nitrogen and oxygen atoms in total. The number of alkyl halides is 1. The highest BCUT2D eigenvalue weighted by atomic mass is 35.5. The lowest BCUT2D eigenvalue weighted by atomic mass is 10.1. The molecule has 2 aromatic rings. The number of carbonyl (C=O) groups excluding carboxylic acids is 3. The van der Waals surface area contributed by atoms with Crippen LogP contribution in [0.2, 0.25) is 0 Å². The fourth-order valence-electron chi connectivity index (χ4n) is 2.68. The van der Waals surface area contributed by atoms with Gasteiger partial charge in [-0.25, -0.2) is 4.79 Å². The van der Waals surface area contributed by atoms with Gasteiger partial charge in [0.25, 0.3) is 5.91 Å². The quantitative estimate of drug-likeness (QED) is 0.432. The first-order valence-electron chi connectivity index (χ1n) is 9.49. The van der Waals surface area contributed by atoms with E-state index in [9.17, 15) is 14.4 Å². The van der Waals surface area contributed by atoms with E-state index in [1.54, 1.807) is 24.3 Å². The van der Waals surface area contributed by atoms with Gasteiger partial charge in [-0.2, -0.15) is 0 Å². The van der Waals surface area contributed by atoms with E-state index in [4.69, 9.17) is 16.3 Å². The molecule has 0 unspecified atom stereocenters. The van der Waals surface area contributed by atoms with Crippen LogP contribution in [0, 0.1) is 0 Å². The van der Waals surface area contributed by atoms with Crippen molar-refractivity contribution in [2.75, 3.05) is 12.4 Å². The Kier molecular flexibility index (Phi) is 9.72. The predicted octanol–water partition coefficient (Wildman–Crippen LogP) is 3.69. The van der Waals surface area contributed by atoms with Gasteiger partial charge in [-0.3, -0.25) is 9.59 Å². The van der Waals surface area contributed by atoms with Crippen LogP contribution in [0.1, 0.15) is 35.2 Å². The largest absolute Gasteiger partial charge is 0.445 e. The van der Waals surface area contributed by atoms with Crippen LogP contribution in [-0.2, 0) is 16.1 Å². The Morgan fingerprint density at radius 1 is 0.931 bits per heavy atom. The minimum atomic E-state index is -0.648. The average molecular weight is 417 g/mol. The summed E-state index contributed by atoms with van der Waals surface area (Å²) in [6.45, 7) is 0.631. The van der Waals surface area contributed by atoms with E-state index in [1.807, 2.05) is 36.4 Å². The molecule has 0 aromatic heterocycles.